The molecule has 0 unspecified atom stereocenters. The number of imidazole rings is 1. The summed E-state index contributed by atoms with van der Waals surface area (Å²) in [4.78, 5) is 128. The average Bonchev–Trinajstić information content (AvgIpc) is 3.93. The van der Waals surface area contributed by atoms with Gasteiger partial charge in [-0.25, -0.2) is 4.98 Å². The monoisotopic (exact) mass is 938 g/mol. The van der Waals surface area contributed by atoms with Crippen molar-refractivity contribution in [3.63, 3.8) is 0 Å². The molecule has 0 aliphatic heterocycles. The minimum atomic E-state index is -1.22. The summed E-state index contributed by atoms with van der Waals surface area (Å²) in [5.41, 5.74) is 7.39. The minimum absolute atomic E-state index is 0.0397. The minimum Gasteiger partial charge on any atom is -0.370 e. The Bertz CT molecular complexity index is 2140. The number of nitrogens with zero attached hydrogens (tertiary/aromatic N) is 1. The first-order valence-electron chi connectivity index (χ1n) is 21.8. The highest BCUT2D eigenvalue weighted by Crippen LogP contribution is 2.19. The van der Waals surface area contributed by atoms with Gasteiger partial charge in [0.05, 0.1) is 25.0 Å². The number of carbonyl (C=O) groups is 9. The van der Waals surface area contributed by atoms with Crippen molar-refractivity contribution in [2.75, 3.05) is 18.6 Å². The van der Waals surface area contributed by atoms with Gasteiger partial charge in [0.2, 0.25) is 47.3 Å². The van der Waals surface area contributed by atoms with Crippen LogP contribution in [0.2, 0.25) is 0 Å². The highest BCUT2D eigenvalue weighted by Gasteiger charge is 2.32. The van der Waals surface area contributed by atoms with E-state index in [1.165, 1.54) is 45.1 Å². The number of thioether (sulfide) groups is 1. The lowest BCUT2D eigenvalue weighted by Crippen LogP contribution is -2.59. The molecular weight excluding hydrogens is 873 g/mol. The third-order valence-electron chi connectivity index (χ3n) is 10.5. The van der Waals surface area contributed by atoms with Crippen LogP contribution in [0, 0.1) is 5.92 Å². The van der Waals surface area contributed by atoms with E-state index in [1.54, 1.807) is 20.0 Å². The number of H-pyrrole nitrogens is 2. The summed E-state index contributed by atoms with van der Waals surface area (Å²) in [6.07, 6.45) is 6.89. The van der Waals surface area contributed by atoms with Crippen LogP contribution in [0.15, 0.2) is 43.0 Å². The fraction of sp³-hybridized carbons (Fsp3) is 0.545. The van der Waals surface area contributed by atoms with Gasteiger partial charge in [0, 0.05) is 54.3 Å². The van der Waals surface area contributed by atoms with E-state index in [0.29, 0.717) is 17.9 Å². The molecule has 3 aromatic rings. The van der Waals surface area contributed by atoms with Crippen LogP contribution < -0.4 is 48.3 Å². The lowest BCUT2D eigenvalue weighted by molar-refractivity contribution is -0.135. The van der Waals surface area contributed by atoms with Crippen molar-refractivity contribution in [2.45, 2.75) is 129 Å². The van der Waals surface area contributed by atoms with Crippen molar-refractivity contribution < 1.29 is 43.2 Å². The SMILES string of the molecule is CSCC[C@H](NC(=O)[C@H](C)NC(=O)[C@H](Cc1cnc[nH]1)NC(=O)CNC(=O)[C@@H](NC(=O)[C@H](C)NC(=O)[C@H](Cc1c[nH]c2ccccc12)NC(=O)[C@H](CCC(N)=O)NC(C)C)C(C)C)C(C)=O. The topological polar surface area (TPSA) is 320 Å². The number of nitrogens with one attached hydrogen (secondary N) is 10. The normalized spacial score (nSPS) is 14.5. The van der Waals surface area contributed by atoms with E-state index in [-0.39, 0.29) is 37.5 Å². The van der Waals surface area contributed by atoms with Gasteiger partial charge in [-0.2, -0.15) is 11.8 Å². The van der Waals surface area contributed by atoms with E-state index in [2.05, 4.69) is 57.5 Å². The van der Waals surface area contributed by atoms with Crippen molar-refractivity contribution >= 4 is 75.7 Å². The van der Waals surface area contributed by atoms with Gasteiger partial charge >= 0.3 is 0 Å². The molecule has 21 nitrogen and oxygen atoms in total. The quantitative estimate of drug-likeness (QED) is 0.0434. The highest BCUT2D eigenvalue weighted by molar-refractivity contribution is 7.98. The molecule has 0 saturated carbocycles. The molecule has 0 saturated heterocycles. The molecule has 2 heterocycles. The summed E-state index contributed by atoms with van der Waals surface area (Å²) in [5.74, 6) is -5.41. The van der Waals surface area contributed by atoms with Crippen LogP contribution in [-0.4, -0.2) is 135 Å². The number of ketones is 1. The van der Waals surface area contributed by atoms with Crippen molar-refractivity contribution in [3.8, 4) is 0 Å². The number of Topliss-reactive ketones (excluding diaryl/α,β-unsaturated/α-hetero) is 1. The number of nitrogens with two attached hydrogens (primary N) is 1. The van der Waals surface area contributed by atoms with E-state index < -0.39 is 102 Å². The number of para-hydroxylation sites is 1. The molecule has 2 aromatic heterocycles. The second-order valence-corrected chi connectivity index (χ2v) is 17.8. The highest BCUT2D eigenvalue weighted by atomic mass is 32.2. The fourth-order valence-corrected chi connectivity index (χ4v) is 7.28. The van der Waals surface area contributed by atoms with Crippen LogP contribution in [0.4, 0.5) is 0 Å². The summed E-state index contributed by atoms with van der Waals surface area (Å²) >= 11 is 1.52. The van der Waals surface area contributed by atoms with Crippen molar-refractivity contribution in [1.29, 1.82) is 0 Å². The van der Waals surface area contributed by atoms with Crippen LogP contribution in [-0.2, 0) is 56.0 Å². The van der Waals surface area contributed by atoms with Gasteiger partial charge in [0.25, 0.3) is 0 Å². The largest absolute Gasteiger partial charge is 0.370 e. The number of amides is 8. The molecule has 66 heavy (non-hydrogen) atoms. The predicted molar refractivity (Wildman–Crippen MR) is 249 cm³/mol. The van der Waals surface area contributed by atoms with Crippen LogP contribution in [0.5, 0.6) is 0 Å². The molecule has 8 amide bonds. The maximum absolute atomic E-state index is 13.9. The van der Waals surface area contributed by atoms with Crippen molar-refractivity contribution in [1.82, 2.24) is 57.5 Å². The molecule has 0 spiro atoms. The molecule has 1 aromatic carbocycles. The van der Waals surface area contributed by atoms with Gasteiger partial charge in [-0.1, -0.05) is 45.9 Å². The molecular formula is C44H66N12O9S. The number of benzene rings is 1. The molecule has 7 atom stereocenters. The number of aromatic nitrogens is 3. The summed E-state index contributed by atoms with van der Waals surface area (Å²) in [6.45, 7) is 10.6. The smallest absolute Gasteiger partial charge is 0.243 e. The number of hydrogen-bond donors (Lipinski definition) is 11. The maximum Gasteiger partial charge on any atom is 0.243 e. The number of rotatable bonds is 28. The summed E-state index contributed by atoms with van der Waals surface area (Å²) < 4.78 is 0. The number of hydrogen-bond acceptors (Lipinski definition) is 12. The van der Waals surface area contributed by atoms with E-state index in [9.17, 15) is 43.2 Å². The Hall–Kier alpha value is -6.29. The summed E-state index contributed by atoms with van der Waals surface area (Å²) in [7, 11) is 0. The Morgan fingerprint density at radius 2 is 1.30 bits per heavy atom. The Kier molecular flexibility index (Phi) is 21.8. The van der Waals surface area contributed by atoms with E-state index in [0.717, 1.165) is 16.5 Å². The standard InChI is InChI=1S/C44H66N12O9S/c1-23(2)38(44(65)48-21-37(59)53-35(18-29-20-46-22-49-29)43(64)51-25(5)39(60)54-31(27(7)57)15-16-66-8)56-40(61)26(6)52-42(63)34(17-28-19-47-32-12-10-9-11-30(28)32)55-41(62)33(50-24(3)4)13-14-36(45)58/h9-12,19-20,22-26,31,33-35,38,47,50H,13-18,21H2,1-8H3,(H2,45,58)(H,46,49)(H,48,65)(H,51,64)(H,52,63)(H,53,59)(H,54,60)(H,55,62)(H,56,61)/t25-,26-,31-,33-,34-,35-,38-/m0/s1. The van der Waals surface area contributed by atoms with Crippen LogP contribution in [0.3, 0.4) is 0 Å². The van der Waals surface area contributed by atoms with Gasteiger partial charge in [0.15, 0.2) is 5.78 Å². The number of aromatic amines is 2. The van der Waals surface area contributed by atoms with Crippen molar-refractivity contribution in [3.05, 3.63) is 54.2 Å². The molecule has 12 N–H and O–H groups in total. The number of carbonyl (C=O) groups excluding carboxylic acids is 9. The van der Waals surface area contributed by atoms with Gasteiger partial charge in [-0.15, -0.1) is 0 Å². The third kappa shape index (κ3) is 17.6. The van der Waals surface area contributed by atoms with Crippen molar-refractivity contribution in [2.24, 2.45) is 11.7 Å². The van der Waals surface area contributed by atoms with Gasteiger partial charge in [0.1, 0.15) is 30.2 Å². The summed E-state index contributed by atoms with van der Waals surface area (Å²) in [6, 6.07) is -0.128. The summed E-state index contributed by atoms with van der Waals surface area (Å²) in [5, 5.41) is 22.3. The number of primary amides is 1. The van der Waals surface area contributed by atoms with Gasteiger partial charge in [-0.3, -0.25) is 43.2 Å². The maximum atomic E-state index is 13.9. The lowest BCUT2D eigenvalue weighted by atomic mass is 10.0. The number of fused-ring (bicyclic) bond motifs is 1. The molecule has 22 heteroatoms. The Morgan fingerprint density at radius 1 is 0.697 bits per heavy atom. The lowest BCUT2D eigenvalue weighted by Gasteiger charge is -2.27. The van der Waals surface area contributed by atoms with E-state index >= 15 is 0 Å². The zero-order valence-electron chi connectivity index (χ0n) is 38.8. The van der Waals surface area contributed by atoms with Crippen LogP contribution in [0.25, 0.3) is 10.9 Å². The Morgan fingerprint density at radius 3 is 1.88 bits per heavy atom. The second-order valence-electron chi connectivity index (χ2n) is 16.8. The van der Waals surface area contributed by atoms with Gasteiger partial charge < -0.3 is 58.2 Å². The fourth-order valence-electron chi connectivity index (χ4n) is 6.81. The first-order valence-corrected chi connectivity index (χ1v) is 23.2. The molecule has 0 aliphatic rings. The average molecular weight is 939 g/mol. The van der Waals surface area contributed by atoms with E-state index in [4.69, 9.17) is 5.73 Å². The van der Waals surface area contributed by atoms with Crippen LogP contribution in [0.1, 0.15) is 79.0 Å². The third-order valence-corrected chi connectivity index (χ3v) is 11.1. The first-order chi connectivity index (χ1) is 31.2. The second kappa shape index (κ2) is 26.6. The molecule has 0 fully saturated rings. The predicted octanol–water partition coefficient (Wildman–Crippen LogP) is -0.629. The molecule has 0 bridgehead atoms. The Labute approximate surface area is 388 Å². The Balaban J connectivity index is 1.68. The van der Waals surface area contributed by atoms with E-state index in [1.807, 2.05) is 44.4 Å². The van der Waals surface area contributed by atoms with Crippen LogP contribution >= 0.6 is 11.8 Å². The molecule has 0 radical (unpaired) electrons. The molecule has 3 rings (SSSR count). The first kappa shape index (κ1) is 54.0. The molecule has 0 aliphatic carbocycles. The van der Waals surface area contributed by atoms with Gasteiger partial charge in [-0.05, 0) is 63.2 Å². The zero-order chi connectivity index (χ0) is 49.1. The zero-order valence-corrected chi connectivity index (χ0v) is 39.6. The molecule has 362 valence electrons.